The predicted molar refractivity (Wildman–Crippen MR) is 128 cm³/mol. The first kappa shape index (κ1) is 21.8. The number of carbonyl (C=O) groups excluding carboxylic acids is 2. The molecule has 32 heavy (non-hydrogen) atoms. The Bertz CT molecular complexity index is 1100. The van der Waals surface area contributed by atoms with Crippen molar-refractivity contribution in [1.82, 2.24) is 10.6 Å². The molecule has 0 aliphatic carbocycles. The summed E-state index contributed by atoms with van der Waals surface area (Å²) < 4.78 is 0. The number of amides is 2. The molecule has 1 aliphatic rings. The molecule has 5 heteroatoms. The van der Waals surface area contributed by atoms with Crippen molar-refractivity contribution in [3.63, 3.8) is 0 Å². The number of fused-ring (bicyclic) bond motifs is 1. The molecule has 5 nitrogen and oxygen atoms in total. The third kappa shape index (κ3) is 4.58. The Morgan fingerprint density at radius 2 is 1.69 bits per heavy atom. The van der Waals surface area contributed by atoms with Crippen LogP contribution in [-0.4, -0.2) is 30.9 Å². The monoisotopic (exact) mass is 427 g/mol. The number of carbonyl (C=O) groups is 2. The van der Waals surface area contributed by atoms with E-state index < -0.39 is 6.04 Å². The van der Waals surface area contributed by atoms with Crippen LogP contribution in [0.5, 0.6) is 0 Å². The van der Waals surface area contributed by atoms with E-state index in [2.05, 4.69) is 41.0 Å². The highest BCUT2D eigenvalue weighted by molar-refractivity contribution is 6.01. The molecular weight excluding hydrogens is 398 g/mol. The highest BCUT2D eigenvalue weighted by Crippen LogP contribution is 2.31. The predicted octanol–water partition coefficient (Wildman–Crippen LogP) is 3.93. The molecule has 0 bridgehead atoms. The van der Waals surface area contributed by atoms with E-state index in [4.69, 9.17) is 0 Å². The quantitative estimate of drug-likeness (QED) is 0.627. The fourth-order valence-electron chi connectivity index (χ4n) is 4.17. The van der Waals surface area contributed by atoms with Gasteiger partial charge in [0, 0.05) is 5.69 Å². The SMILES string of the molecule is CNC(C)C(=O)N[C@H]1CCc2ccccc2N(Cc2ccccc2-c2ccccc2)C1=O. The Morgan fingerprint density at radius 1 is 1.00 bits per heavy atom. The largest absolute Gasteiger partial charge is 0.343 e. The smallest absolute Gasteiger partial charge is 0.249 e. The molecule has 2 amide bonds. The van der Waals surface area contributed by atoms with Crippen LogP contribution in [0.3, 0.4) is 0 Å². The van der Waals surface area contributed by atoms with E-state index in [0.29, 0.717) is 13.0 Å². The van der Waals surface area contributed by atoms with Crippen molar-refractivity contribution in [1.29, 1.82) is 0 Å². The Morgan fingerprint density at radius 3 is 2.47 bits per heavy atom. The summed E-state index contributed by atoms with van der Waals surface area (Å²) in [6.07, 6.45) is 1.31. The molecule has 0 radical (unpaired) electrons. The zero-order chi connectivity index (χ0) is 22.5. The van der Waals surface area contributed by atoms with Crippen LogP contribution in [0.1, 0.15) is 24.5 Å². The van der Waals surface area contributed by atoms with Gasteiger partial charge in [0.1, 0.15) is 6.04 Å². The van der Waals surface area contributed by atoms with Gasteiger partial charge in [-0.15, -0.1) is 0 Å². The lowest BCUT2D eigenvalue weighted by molar-refractivity contribution is -0.128. The maximum Gasteiger partial charge on any atom is 0.249 e. The second-order valence-electron chi connectivity index (χ2n) is 8.19. The van der Waals surface area contributed by atoms with Gasteiger partial charge < -0.3 is 15.5 Å². The molecule has 0 saturated carbocycles. The summed E-state index contributed by atoms with van der Waals surface area (Å²) in [5.41, 5.74) is 5.33. The third-order valence-corrected chi connectivity index (χ3v) is 6.12. The first-order valence-electron chi connectivity index (χ1n) is 11.1. The number of hydrogen-bond donors (Lipinski definition) is 2. The van der Waals surface area contributed by atoms with Gasteiger partial charge in [0.15, 0.2) is 0 Å². The van der Waals surface area contributed by atoms with Crippen LogP contribution in [0.4, 0.5) is 5.69 Å². The number of hydrogen-bond acceptors (Lipinski definition) is 3. The van der Waals surface area contributed by atoms with Crippen molar-refractivity contribution >= 4 is 17.5 Å². The van der Waals surface area contributed by atoms with Crippen LogP contribution in [-0.2, 0) is 22.6 Å². The van der Waals surface area contributed by atoms with Crippen LogP contribution >= 0.6 is 0 Å². The topological polar surface area (TPSA) is 61.4 Å². The zero-order valence-electron chi connectivity index (χ0n) is 18.5. The molecule has 1 unspecified atom stereocenters. The molecule has 0 fully saturated rings. The van der Waals surface area contributed by atoms with Crippen molar-refractivity contribution in [2.45, 2.75) is 38.4 Å². The van der Waals surface area contributed by atoms with Gasteiger partial charge in [-0.1, -0.05) is 72.8 Å². The summed E-state index contributed by atoms with van der Waals surface area (Å²) in [5.74, 6) is -0.240. The van der Waals surface area contributed by atoms with Crippen molar-refractivity contribution in [3.8, 4) is 11.1 Å². The third-order valence-electron chi connectivity index (χ3n) is 6.12. The number of nitrogens with zero attached hydrogens (tertiary/aromatic N) is 1. The average molecular weight is 428 g/mol. The molecule has 2 N–H and O–H groups in total. The Balaban J connectivity index is 1.70. The number of para-hydroxylation sites is 1. The van der Waals surface area contributed by atoms with Crippen LogP contribution < -0.4 is 15.5 Å². The van der Waals surface area contributed by atoms with Crippen molar-refractivity contribution in [2.24, 2.45) is 0 Å². The summed E-state index contributed by atoms with van der Waals surface area (Å²) >= 11 is 0. The van der Waals surface area contributed by atoms with E-state index in [1.54, 1.807) is 14.0 Å². The lowest BCUT2D eigenvalue weighted by Crippen LogP contribution is -2.52. The maximum atomic E-state index is 13.7. The first-order chi connectivity index (χ1) is 15.6. The summed E-state index contributed by atoms with van der Waals surface area (Å²) in [7, 11) is 1.74. The molecule has 3 aromatic carbocycles. The Kier molecular flexibility index (Phi) is 6.66. The maximum absolute atomic E-state index is 13.7. The second-order valence-corrected chi connectivity index (χ2v) is 8.19. The molecule has 4 rings (SSSR count). The van der Waals surface area contributed by atoms with E-state index in [1.807, 2.05) is 53.4 Å². The van der Waals surface area contributed by atoms with Crippen molar-refractivity contribution in [3.05, 3.63) is 90.0 Å². The molecular formula is C27H29N3O2. The lowest BCUT2D eigenvalue weighted by Gasteiger charge is -2.28. The van der Waals surface area contributed by atoms with Crippen LogP contribution in [0.2, 0.25) is 0 Å². The van der Waals surface area contributed by atoms with Gasteiger partial charge >= 0.3 is 0 Å². The second kappa shape index (κ2) is 9.79. The fourth-order valence-corrected chi connectivity index (χ4v) is 4.17. The van der Waals surface area contributed by atoms with Gasteiger partial charge in [-0.2, -0.15) is 0 Å². The van der Waals surface area contributed by atoms with Gasteiger partial charge in [-0.25, -0.2) is 0 Å². The van der Waals surface area contributed by atoms with Crippen molar-refractivity contribution in [2.75, 3.05) is 11.9 Å². The molecule has 0 saturated heterocycles. The molecule has 2 atom stereocenters. The first-order valence-corrected chi connectivity index (χ1v) is 11.1. The zero-order valence-corrected chi connectivity index (χ0v) is 18.5. The molecule has 3 aromatic rings. The van der Waals surface area contributed by atoms with Gasteiger partial charge in [-0.3, -0.25) is 9.59 Å². The minimum atomic E-state index is -0.561. The number of likely N-dealkylation sites (N-methyl/N-ethyl adjacent to an activating group) is 1. The number of benzene rings is 3. The lowest BCUT2D eigenvalue weighted by atomic mass is 9.99. The van der Waals surface area contributed by atoms with E-state index >= 15 is 0 Å². The van der Waals surface area contributed by atoms with E-state index in [1.165, 1.54) is 0 Å². The number of aryl methyl sites for hydroxylation is 1. The molecule has 0 aromatic heterocycles. The number of nitrogens with one attached hydrogen (secondary N) is 2. The van der Waals surface area contributed by atoms with E-state index in [9.17, 15) is 9.59 Å². The van der Waals surface area contributed by atoms with Crippen LogP contribution in [0.15, 0.2) is 78.9 Å². The van der Waals surface area contributed by atoms with Crippen molar-refractivity contribution < 1.29 is 9.59 Å². The minimum Gasteiger partial charge on any atom is -0.343 e. The minimum absolute atomic E-state index is 0.0746. The van der Waals surface area contributed by atoms with Crippen LogP contribution in [0, 0.1) is 0 Å². The number of rotatable bonds is 6. The molecule has 0 spiro atoms. The molecule has 1 heterocycles. The Hall–Kier alpha value is -3.44. The highest BCUT2D eigenvalue weighted by atomic mass is 16.2. The highest BCUT2D eigenvalue weighted by Gasteiger charge is 2.32. The normalized spacial score (nSPS) is 16.8. The van der Waals surface area contributed by atoms with E-state index in [-0.39, 0.29) is 17.9 Å². The average Bonchev–Trinajstić information content (AvgIpc) is 2.96. The van der Waals surface area contributed by atoms with Gasteiger partial charge in [-0.05, 0) is 55.1 Å². The molecule has 164 valence electrons. The fraction of sp³-hybridized carbons (Fsp3) is 0.259. The summed E-state index contributed by atoms with van der Waals surface area (Å²) in [4.78, 5) is 28.1. The summed E-state index contributed by atoms with van der Waals surface area (Å²) in [6.45, 7) is 2.23. The molecule has 1 aliphatic heterocycles. The van der Waals surface area contributed by atoms with Crippen LogP contribution in [0.25, 0.3) is 11.1 Å². The Labute approximate surface area is 189 Å². The number of anilines is 1. The van der Waals surface area contributed by atoms with Gasteiger partial charge in [0.25, 0.3) is 0 Å². The standard InChI is InChI=1S/C27H29N3O2/c1-19(28-2)26(31)29-24-17-16-21-12-7-9-15-25(21)30(27(24)32)18-22-13-6-8-14-23(22)20-10-4-3-5-11-20/h3-15,19,24,28H,16-18H2,1-2H3,(H,29,31)/t19?,24-/m0/s1. The van der Waals surface area contributed by atoms with Gasteiger partial charge in [0.2, 0.25) is 11.8 Å². The summed E-state index contributed by atoms with van der Waals surface area (Å²) in [6, 6.07) is 25.5. The van der Waals surface area contributed by atoms with Gasteiger partial charge in [0.05, 0.1) is 12.6 Å². The summed E-state index contributed by atoms with van der Waals surface area (Å²) in [5, 5.41) is 5.91. The van der Waals surface area contributed by atoms with E-state index in [0.717, 1.165) is 34.4 Å².